The minimum atomic E-state index is -3.09. The molecule has 0 radical (unpaired) electrons. The zero-order valence-corrected chi connectivity index (χ0v) is 9.92. The van der Waals surface area contributed by atoms with E-state index in [1.807, 2.05) is 0 Å². The van der Waals surface area contributed by atoms with Gasteiger partial charge in [-0.15, -0.1) is 0 Å². The molecule has 1 fully saturated rings. The second kappa shape index (κ2) is 4.12. The van der Waals surface area contributed by atoms with Crippen LogP contribution in [0.3, 0.4) is 0 Å². The van der Waals surface area contributed by atoms with Gasteiger partial charge in [-0.2, -0.15) is 10.1 Å². The lowest BCUT2D eigenvalue weighted by atomic mass is 10.0. The number of hydrogen-bond acceptors (Lipinski definition) is 4. The van der Waals surface area contributed by atoms with Crippen LogP contribution >= 0.6 is 0 Å². The second-order valence-electron chi connectivity index (χ2n) is 4.82. The summed E-state index contributed by atoms with van der Waals surface area (Å²) in [4.78, 5) is 12.0. The molecule has 1 aliphatic carbocycles. The van der Waals surface area contributed by atoms with Crippen LogP contribution in [0, 0.1) is 5.92 Å². The summed E-state index contributed by atoms with van der Waals surface area (Å²) in [6.45, 7) is 0. The number of alkyl halides is 2. The van der Waals surface area contributed by atoms with Gasteiger partial charge in [-0.3, -0.25) is 4.79 Å². The van der Waals surface area contributed by atoms with Crippen molar-refractivity contribution in [2.75, 3.05) is 0 Å². The first-order chi connectivity index (χ1) is 9.02. The third kappa shape index (κ3) is 1.94. The average molecular weight is 270 g/mol. The first kappa shape index (κ1) is 12.3. The Kier molecular flexibility index (Phi) is 2.67. The molecule has 2 heterocycles. The van der Waals surface area contributed by atoms with Gasteiger partial charge in [0.1, 0.15) is 0 Å². The van der Waals surface area contributed by atoms with Gasteiger partial charge < -0.3 is 9.52 Å². The van der Waals surface area contributed by atoms with Crippen LogP contribution in [-0.2, 0) is 0 Å². The molecular formula is C12H12F2N2O3. The second-order valence-corrected chi connectivity index (χ2v) is 4.82. The van der Waals surface area contributed by atoms with Crippen LogP contribution in [0.25, 0.3) is 0 Å². The van der Waals surface area contributed by atoms with Gasteiger partial charge in [0.2, 0.25) is 5.72 Å². The van der Waals surface area contributed by atoms with Crippen molar-refractivity contribution in [1.29, 1.82) is 0 Å². The fourth-order valence-electron chi connectivity index (χ4n) is 2.13. The Morgan fingerprint density at radius 2 is 2.32 bits per heavy atom. The summed E-state index contributed by atoms with van der Waals surface area (Å²) in [6.07, 6.45) is -0.411. The lowest BCUT2D eigenvalue weighted by Crippen LogP contribution is -2.51. The average Bonchev–Trinajstić information content (AvgIpc) is 2.95. The molecule has 5 nitrogen and oxygen atoms in total. The van der Waals surface area contributed by atoms with E-state index < -0.39 is 18.1 Å². The van der Waals surface area contributed by atoms with Crippen molar-refractivity contribution in [2.45, 2.75) is 31.4 Å². The molecule has 102 valence electrons. The number of aliphatic hydroxyl groups is 1. The molecule has 1 aliphatic heterocycles. The topological polar surface area (TPSA) is 66.0 Å². The fraction of sp³-hybridized carbons (Fsp3) is 0.500. The number of rotatable bonds is 3. The highest BCUT2D eigenvalue weighted by molar-refractivity contribution is 5.97. The van der Waals surface area contributed by atoms with Gasteiger partial charge in [0, 0.05) is 12.1 Å². The summed E-state index contributed by atoms with van der Waals surface area (Å²) in [7, 11) is 0. The molecule has 3 rings (SSSR count). The SMILES string of the molecule is O=C(c1ccco1)N1N=C(C2CC2)C[C@@]1(O)C(F)F. The van der Waals surface area contributed by atoms with E-state index in [4.69, 9.17) is 4.42 Å². The lowest BCUT2D eigenvalue weighted by molar-refractivity contribution is -0.164. The van der Waals surface area contributed by atoms with E-state index in [1.54, 1.807) is 0 Å². The van der Waals surface area contributed by atoms with Crippen LogP contribution in [0.1, 0.15) is 29.8 Å². The molecule has 0 aromatic carbocycles. The van der Waals surface area contributed by atoms with Gasteiger partial charge in [-0.1, -0.05) is 0 Å². The molecule has 0 bridgehead atoms. The van der Waals surface area contributed by atoms with Crippen molar-refractivity contribution in [1.82, 2.24) is 5.01 Å². The van der Waals surface area contributed by atoms with Gasteiger partial charge in [0.15, 0.2) is 5.76 Å². The van der Waals surface area contributed by atoms with Gasteiger partial charge in [-0.25, -0.2) is 8.78 Å². The molecule has 19 heavy (non-hydrogen) atoms. The number of hydrogen-bond donors (Lipinski definition) is 1. The van der Waals surface area contributed by atoms with E-state index in [0.717, 1.165) is 12.8 Å². The Bertz CT molecular complexity index is 525. The van der Waals surface area contributed by atoms with Crippen LogP contribution < -0.4 is 0 Å². The van der Waals surface area contributed by atoms with Crippen molar-refractivity contribution in [3.63, 3.8) is 0 Å². The van der Waals surface area contributed by atoms with Crippen molar-refractivity contribution in [3.05, 3.63) is 24.2 Å². The Hall–Kier alpha value is -1.76. The number of carbonyl (C=O) groups excluding carboxylic acids is 1. The van der Waals surface area contributed by atoms with E-state index in [2.05, 4.69) is 5.10 Å². The molecule has 7 heteroatoms. The number of furan rings is 1. The molecular weight excluding hydrogens is 258 g/mol. The van der Waals surface area contributed by atoms with Gasteiger partial charge in [0.05, 0.1) is 6.26 Å². The summed E-state index contributed by atoms with van der Waals surface area (Å²) in [5.41, 5.74) is -2.11. The first-order valence-electron chi connectivity index (χ1n) is 5.98. The van der Waals surface area contributed by atoms with Crippen LogP contribution in [0.15, 0.2) is 27.9 Å². The summed E-state index contributed by atoms with van der Waals surface area (Å²) < 4.78 is 31.0. The highest BCUT2D eigenvalue weighted by Gasteiger charge is 2.54. The summed E-state index contributed by atoms with van der Waals surface area (Å²) >= 11 is 0. The maximum Gasteiger partial charge on any atom is 0.312 e. The first-order valence-corrected chi connectivity index (χ1v) is 5.98. The monoisotopic (exact) mass is 270 g/mol. The normalized spacial score (nSPS) is 26.9. The number of halogens is 2. The Morgan fingerprint density at radius 3 is 2.84 bits per heavy atom. The van der Waals surface area contributed by atoms with Crippen LogP contribution in [-0.4, -0.2) is 33.9 Å². The van der Waals surface area contributed by atoms with Gasteiger partial charge in [0.25, 0.3) is 6.43 Å². The van der Waals surface area contributed by atoms with E-state index in [-0.39, 0.29) is 18.1 Å². The molecule has 1 saturated carbocycles. The zero-order chi connectivity index (χ0) is 13.6. The van der Waals surface area contributed by atoms with Crippen LogP contribution in [0.2, 0.25) is 0 Å². The minimum Gasteiger partial charge on any atom is -0.459 e. The van der Waals surface area contributed by atoms with E-state index in [0.29, 0.717) is 10.7 Å². The summed E-state index contributed by atoms with van der Waals surface area (Å²) in [5.74, 6) is -0.872. The zero-order valence-electron chi connectivity index (χ0n) is 9.92. The smallest absolute Gasteiger partial charge is 0.312 e. The van der Waals surface area contributed by atoms with Gasteiger partial charge in [-0.05, 0) is 30.9 Å². The number of amides is 1. The van der Waals surface area contributed by atoms with Crippen LogP contribution in [0.4, 0.5) is 8.78 Å². The van der Waals surface area contributed by atoms with E-state index >= 15 is 0 Å². The standard InChI is InChI=1S/C12H12F2N2O3/c13-11(14)12(18)6-8(7-3-4-7)15-16(12)10(17)9-2-1-5-19-9/h1-2,5,7,11,18H,3-4,6H2/t12-/m1/s1. The largest absolute Gasteiger partial charge is 0.459 e. The molecule has 1 aromatic rings. The highest BCUT2D eigenvalue weighted by Crippen LogP contribution is 2.41. The maximum atomic E-state index is 13.1. The van der Waals surface area contributed by atoms with Crippen molar-refractivity contribution in [3.8, 4) is 0 Å². The van der Waals surface area contributed by atoms with Crippen molar-refractivity contribution in [2.24, 2.45) is 11.0 Å². The Morgan fingerprint density at radius 1 is 1.58 bits per heavy atom. The highest BCUT2D eigenvalue weighted by atomic mass is 19.3. The molecule has 1 aromatic heterocycles. The molecule has 1 N–H and O–H groups in total. The molecule has 1 amide bonds. The number of nitrogens with zero attached hydrogens (tertiary/aromatic N) is 2. The van der Waals surface area contributed by atoms with Gasteiger partial charge >= 0.3 is 5.91 Å². The molecule has 1 atom stereocenters. The van der Waals surface area contributed by atoms with E-state index in [9.17, 15) is 18.7 Å². The molecule has 0 spiro atoms. The van der Waals surface area contributed by atoms with E-state index in [1.165, 1.54) is 18.4 Å². The van der Waals surface area contributed by atoms with Crippen molar-refractivity contribution < 1.29 is 23.1 Å². The van der Waals surface area contributed by atoms with Crippen molar-refractivity contribution >= 4 is 11.6 Å². The predicted molar refractivity (Wildman–Crippen MR) is 60.6 cm³/mol. The number of hydrazone groups is 1. The quantitative estimate of drug-likeness (QED) is 0.911. The van der Waals surface area contributed by atoms with Crippen LogP contribution in [0.5, 0.6) is 0 Å². The molecule has 2 aliphatic rings. The predicted octanol–water partition coefficient (Wildman–Crippen LogP) is 1.85. The summed E-state index contributed by atoms with van der Waals surface area (Å²) in [5, 5.41) is 14.4. The third-order valence-corrected chi connectivity index (χ3v) is 3.36. The lowest BCUT2D eigenvalue weighted by Gasteiger charge is -2.29. The molecule has 0 unspecified atom stereocenters. The maximum absolute atomic E-state index is 13.1. The fourth-order valence-corrected chi connectivity index (χ4v) is 2.13. The Labute approximate surface area is 107 Å². The number of carbonyl (C=O) groups is 1. The Balaban J connectivity index is 1.93. The summed E-state index contributed by atoms with van der Waals surface area (Å²) in [6, 6.07) is 2.81. The molecule has 0 saturated heterocycles. The third-order valence-electron chi connectivity index (χ3n) is 3.36. The minimum absolute atomic E-state index is 0.111.